The maximum atomic E-state index is 6.04. The first-order valence-electron chi connectivity index (χ1n) is 10.6. The molecular formula is C27H21ClN4O. The highest BCUT2D eigenvalue weighted by Gasteiger charge is 2.06. The van der Waals surface area contributed by atoms with E-state index in [4.69, 9.17) is 16.3 Å². The summed E-state index contributed by atoms with van der Waals surface area (Å²) in [6.07, 6.45) is 5.38. The minimum absolute atomic E-state index is 0.413. The van der Waals surface area contributed by atoms with Crippen molar-refractivity contribution in [1.82, 2.24) is 19.7 Å². The summed E-state index contributed by atoms with van der Waals surface area (Å²) >= 11 is 6.04. The van der Waals surface area contributed by atoms with E-state index in [2.05, 4.69) is 45.4 Å². The molecule has 2 aromatic heterocycles. The summed E-state index contributed by atoms with van der Waals surface area (Å²) in [6.45, 7) is 1.01. The lowest BCUT2D eigenvalue weighted by Gasteiger charge is -2.11. The highest BCUT2D eigenvalue weighted by atomic mass is 35.5. The van der Waals surface area contributed by atoms with Crippen molar-refractivity contribution in [2.45, 2.75) is 13.2 Å². The molecule has 0 spiro atoms. The quantitative estimate of drug-likeness (QED) is 0.272. The van der Waals surface area contributed by atoms with E-state index < -0.39 is 0 Å². The Morgan fingerprint density at radius 1 is 0.909 bits per heavy atom. The molecule has 0 aliphatic carbocycles. The number of hydrogen-bond acceptors (Lipinski definition) is 4. The molecule has 0 atom stereocenters. The van der Waals surface area contributed by atoms with Gasteiger partial charge in [0, 0.05) is 10.4 Å². The third kappa shape index (κ3) is 5.27. The van der Waals surface area contributed by atoms with Crippen LogP contribution in [0.1, 0.15) is 16.8 Å². The van der Waals surface area contributed by atoms with E-state index in [1.54, 1.807) is 11.0 Å². The maximum Gasteiger partial charge on any atom is 0.137 e. The number of ether oxygens (including phenoxy) is 1. The first-order valence-corrected chi connectivity index (χ1v) is 11.0. The van der Waals surface area contributed by atoms with Crippen LogP contribution in [0.15, 0.2) is 97.6 Å². The zero-order valence-corrected chi connectivity index (χ0v) is 18.6. The van der Waals surface area contributed by atoms with Gasteiger partial charge in [0.25, 0.3) is 0 Å². The zero-order chi connectivity index (χ0) is 22.5. The molecule has 0 saturated heterocycles. The first-order chi connectivity index (χ1) is 16.2. The van der Waals surface area contributed by atoms with Crippen LogP contribution >= 0.6 is 11.6 Å². The predicted molar refractivity (Wildman–Crippen MR) is 132 cm³/mol. The lowest BCUT2D eigenvalue weighted by Crippen LogP contribution is -2.02. The van der Waals surface area contributed by atoms with Crippen LogP contribution in [0.5, 0.6) is 5.75 Å². The lowest BCUT2D eigenvalue weighted by molar-refractivity contribution is 0.302. The second kappa shape index (κ2) is 9.67. The highest BCUT2D eigenvalue weighted by molar-refractivity contribution is 6.30. The Labute approximate surface area is 197 Å². The van der Waals surface area contributed by atoms with Gasteiger partial charge in [0.2, 0.25) is 0 Å². The molecule has 0 bridgehead atoms. The number of fused-ring (bicyclic) bond motifs is 1. The number of pyridine rings is 1. The van der Waals surface area contributed by atoms with Crippen molar-refractivity contribution >= 4 is 34.2 Å². The Bertz CT molecular complexity index is 1380. The van der Waals surface area contributed by atoms with E-state index in [0.29, 0.717) is 18.2 Å². The summed E-state index contributed by atoms with van der Waals surface area (Å²) in [5.74, 6) is 0.792. The molecule has 33 heavy (non-hydrogen) atoms. The van der Waals surface area contributed by atoms with Crippen LogP contribution in [-0.4, -0.2) is 19.7 Å². The van der Waals surface area contributed by atoms with Gasteiger partial charge in [-0.25, -0.2) is 14.6 Å². The van der Waals surface area contributed by atoms with Crippen LogP contribution in [0.2, 0.25) is 5.02 Å². The van der Waals surface area contributed by atoms with Crippen molar-refractivity contribution < 1.29 is 4.74 Å². The van der Waals surface area contributed by atoms with Gasteiger partial charge in [-0.3, -0.25) is 0 Å². The minimum atomic E-state index is 0.413. The van der Waals surface area contributed by atoms with Crippen molar-refractivity contribution in [1.29, 1.82) is 0 Å². The number of para-hydroxylation sites is 1. The molecule has 0 N–H and O–H groups in total. The zero-order valence-electron chi connectivity index (χ0n) is 17.8. The molecule has 0 aliphatic heterocycles. The Balaban J connectivity index is 1.34. The van der Waals surface area contributed by atoms with Gasteiger partial charge < -0.3 is 4.74 Å². The Morgan fingerprint density at radius 2 is 1.73 bits per heavy atom. The smallest absolute Gasteiger partial charge is 0.137 e. The van der Waals surface area contributed by atoms with E-state index in [1.165, 1.54) is 6.33 Å². The third-order valence-corrected chi connectivity index (χ3v) is 5.53. The number of allylic oxidation sites excluding steroid dienone is 1. The molecule has 2 heterocycles. The fourth-order valence-electron chi connectivity index (χ4n) is 3.58. The Kier molecular flexibility index (Phi) is 6.13. The number of benzene rings is 3. The molecule has 0 unspecified atom stereocenters. The largest absolute Gasteiger partial charge is 0.487 e. The minimum Gasteiger partial charge on any atom is -0.487 e. The van der Waals surface area contributed by atoms with Gasteiger partial charge in [0.15, 0.2) is 0 Å². The van der Waals surface area contributed by atoms with Gasteiger partial charge in [-0.1, -0.05) is 60.1 Å². The van der Waals surface area contributed by atoms with E-state index in [1.807, 2.05) is 60.7 Å². The van der Waals surface area contributed by atoms with Crippen LogP contribution < -0.4 is 4.74 Å². The van der Waals surface area contributed by atoms with E-state index in [0.717, 1.165) is 39.0 Å². The van der Waals surface area contributed by atoms with Crippen LogP contribution in [0.25, 0.3) is 22.6 Å². The van der Waals surface area contributed by atoms with Gasteiger partial charge in [-0.05, 0) is 59.2 Å². The molecule has 3 aromatic carbocycles. The molecule has 0 radical (unpaired) electrons. The molecular weight excluding hydrogens is 432 g/mol. The predicted octanol–water partition coefficient (Wildman–Crippen LogP) is 6.30. The van der Waals surface area contributed by atoms with Crippen LogP contribution in [0, 0.1) is 0 Å². The molecule has 5 nitrogen and oxygen atoms in total. The van der Waals surface area contributed by atoms with Crippen molar-refractivity contribution in [2.75, 3.05) is 0 Å². The van der Waals surface area contributed by atoms with Gasteiger partial charge in [0.1, 0.15) is 25.0 Å². The summed E-state index contributed by atoms with van der Waals surface area (Å²) in [5.41, 5.74) is 5.12. The standard InChI is InChI=1S/C27H21ClN4O/c28-24-10-5-20(6-11-24)15-23(16-32-19-29-18-30-32)21-8-13-26(14-9-21)33-17-25-12-7-22-3-1-2-4-27(22)31-25/h1-15,18-19H,16-17H2/b23-15+. The molecule has 162 valence electrons. The Hall–Kier alpha value is -3.96. The van der Waals surface area contributed by atoms with E-state index in [9.17, 15) is 0 Å². The SMILES string of the molecule is Clc1ccc(/C=C(\Cn2cncn2)c2ccc(OCc3ccc4ccccc4n3)cc2)cc1. The van der Waals surface area contributed by atoms with Crippen molar-refractivity contribution in [3.8, 4) is 5.75 Å². The van der Waals surface area contributed by atoms with Crippen LogP contribution in [0.3, 0.4) is 0 Å². The van der Waals surface area contributed by atoms with Crippen LogP contribution in [-0.2, 0) is 13.2 Å². The van der Waals surface area contributed by atoms with Crippen molar-refractivity contribution in [3.63, 3.8) is 0 Å². The second-order valence-corrected chi connectivity index (χ2v) is 8.06. The molecule has 5 aromatic rings. The monoisotopic (exact) mass is 452 g/mol. The number of halogens is 1. The molecule has 6 heteroatoms. The van der Waals surface area contributed by atoms with Crippen molar-refractivity contribution in [2.24, 2.45) is 0 Å². The number of aromatic nitrogens is 4. The van der Waals surface area contributed by atoms with Gasteiger partial charge in [0.05, 0.1) is 17.8 Å². The summed E-state index contributed by atoms with van der Waals surface area (Å²) in [7, 11) is 0. The molecule has 5 rings (SSSR count). The number of hydrogen-bond donors (Lipinski definition) is 0. The average Bonchev–Trinajstić information content (AvgIpc) is 3.37. The topological polar surface area (TPSA) is 52.8 Å². The van der Waals surface area contributed by atoms with Gasteiger partial charge >= 0.3 is 0 Å². The van der Waals surface area contributed by atoms with Gasteiger partial charge in [-0.2, -0.15) is 5.10 Å². The molecule has 0 amide bonds. The van der Waals surface area contributed by atoms with Gasteiger partial charge in [-0.15, -0.1) is 0 Å². The summed E-state index contributed by atoms with van der Waals surface area (Å²) < 4.78 is 7.79. The Morgan fingerprint density at radius 3 is 2.52 bits per heavy atom. The molecule has 0 aliphatic rings. The average molecular weight is 453 g/mol. The maximum absolute atomic E-state index is 6.04. The molecule has 0 fully saturated rings. The second-order valence-electron chi connectivity index (χ2n) is 7.62. The number of rotatable bonds is 7. The first kappa shape index (κ1) is 20.9. The fourth-order valence-corrected chi connectivity index (χ4v) is 3.71. The fraction of sp³-hybridized carbons (Fsp3) is 0.0741. The summed E-state index contributed by atoms with van der Waals surface area (Å²) in [6, 6.07) is 28.0. The third-order valence-electron chi connectivity index (χ3n) is 5.28. The lowest BCUT2D eigenvalue weighted by atomic mass is 10.0. The summed E-state index contributed by atoms with van der Waals surface area (Å²) in [5, 5.41) is 6.09. The highest BCUT2D eigenvalue weighted by Crippen LogP contribution is 2.24. The van der Waals surface area contributed by atoms with E-state index >= 15 is 0 Å². The van der Waals surface area contributed by atoms with Crippen molar-refractivity contribution in [3.05, 3.63) is 119 Å². The number of nitrogens with zero attached hydrogens (tertiary/aromatic N) is 4. The van der Waals surface area contributed by atoms with Crippen LogP contribution in [0.4, 0.5) is 0 Å². The van der Waals surface area contributed by atoms with E-state index in [-0.39, 0.29) is 0 Å². The normalized spacial score (nSPS) is 11.6. The molecule has 0 saturated carbocycles. The summed E-state index contributed by atoms with van der Waals surface area (Å²) in [4.78, 5) is 8.73.